The monoisotopic (exact) mass is 289 g/mol. The summed E-state index contributed by atoms with van der Waals surface area (Å²) in [4.78, 5) is 11.2. The average Bonchev–Trinajstić information content (AvgIpc) is 2.87. The number of carbonyl (C=O) groups excluding carboxylic acids is 1. The molecule has 0 aliphatic heterocycles. The van der Waals surface area contributed by atoms with Gasteiger partial charge in [0.05, 0.1) is 12.2 Å². The molecule has 2 rings (SSSR count). The molecule has 0 bridgehead atoms. The highest BCUT2D eigenvalue weighted by molar-refractivity contribution is 5.73. The van der Waals surface area contributed by atoms with Crippen LogP contribution in [-0.2, 0) is 6.54 Å². The van der Waals surface area contributed by atoms with Crippen molar-refractivity contribution in [2.75, 3.05) is 0 Å². The third-order valence-electron chi connectivity index (χ3n) is 4.53. The maximum atomic E-state index is 11.2. The molecule has 0 spiro atoms. The molecule has 0 unspecified atom stereocenters. The van der Waals surface area contributed by atoms with Crippen LogP contribution in [0.3, 0.4) is 0 Å². The zero-order valence-corrected chi connectivity index (χ0v) is 13.3. The highest BCUT2D eigenvalue weighted by Crippen LogP contribution is 2.38. The summed E-state index contributed by atoms with van der Waals surface area (Å²) in [5.74, 6) is 1.30. The van der Waals surface area contributed by atoms with Crippen LogP contribution in [0, 0.1) is 5.92 Å². The Kier molecular flexibility index (Phi) is 5.71. The van der Waals surface area contributed by atoms with Crippen LogP contribution in [-0.4, -0.2) is 21.3 Å². The first-order chi connectivity index (χ1) is 10.2. The first-order valence-corrected chi connectivity index (χ1v) is 8.18. The molecule has 0 atom stereocenters. The van der Waals surface area contributed by atoms with Crippen molar-refractivity contribution in [3.63, 3.8) is 0 Å². The lowest BCUT2D eigenvalue weighted by Crippen LogP contribution is -2.18. The lowest BCUT2D eigenvalue weighted by molar-refractivity contribution is 0.111. The van der Waals surface area contributed by atoms with Crippen molar-refractivity contribution in [3.8, 4) is 0 Å². The SMILES string of the molecule is C=C(C)Cn1nnc(C=O)c1C1CCC(CCCC)CC1. The van der Waals surface area contributed by atoms with Crippen LogP contribution in [0.4, 0.5) is 0 Å². The summed E-state index contributed by atoms with van der Waals surface area (Å²) in [5, 5.41) is 8.18. The van der Waals surface area contributed by atoms with Gasteiger partial charge in [0, 0.05) is 5.92 Å². The molecule has 1 aromatic rings. The quantitative estimate of drug-likeness (QED) is 0.560. The predicted molar refractivity (Wildman–Crippen MR) is 84.4 cm³/mol. The van der Waals surface area contributed by atoms with Gasteiger partial charge in [0.25, 0.3) is 0 Å². The fraction of sp³-hybridized carbons (Fsp3) is 0.706. The van der Waals surface area contributed by atoms with Crippen LogP contribution < -0.4 is 0 Å². The van der Waals surface area contributed by atoms with E-state index in [-0.39, 0.29) is 0 Å². The van der Waals surface area contributed by atoms with Gasteiger partial charge in [-0.05, 0) is 38.5 Å². The number of aromatic nitrogens is 3. The second kappa shape index (κ2) is 7.53. The summed E-state index contributed by atoms with van der Waals surface area (Å²) in [6, 6.07) is 0. The van der Waals surface area contributed by atoms with Crippen molar-refractivity contribution in [2.24, 2.45) is 5.92 Å². The molecule has 0 N–H and O–H groups in total. The number of unbranched alkanes of at least 4 members (excludes halogenated alkanes) is 1. The van der Waals surface area contributed by atoms with Crippen LogP contribution in [0.5, 0.6) is 0 Å². The Balaban J connectivity index is 2.06. The van der Waals surface area contributed by atoms with Crippen LogP contribution in [0.15, 0.2) is 12.2 Å². The summed E-state index contributed by atoms with van der Waals surface area (Å²) in [7, 11) is 0. The maximum Gasteiger partial charge on any atom is 0.172 e. The number of aldehydes is 1. The largest absolute Gasteiger partial charge is 0.296 e. The van der Waals surface area contributed by atoms with Crippen LogP contribution >= 0.6 is 0 Å². The molecular weight excluding hydrogens is 262 g/mol. The van der Waals surface area contributed by atoms with E-state index >= 15 is 0 Å². The number of hydrogen-bond acceptors (Lipinski definition) is 3. The Morgan fingerprint density at radius 3 is 2.67 bits per heavy atom. The first-order valence-electron chi connectivity index (χ1n) is 8.18. The van der Waals surface area contributed by atoms with E-state index in [1.54, 1.807) is 0 Å². The Hall–Kier alpha value is -1.45. The van der Waals surface area contributed by atoms with E-state index in [1.807, 2.05) is 11.6 Å². The third-order valence-corrected chi connectivity index (χ3v) is 4.53. The van der Waals surface area contributed by atoms with Gasteiger partial charge in [-0.1, -0.05) is 43.6 Å². The van der Waals surface area contributed by atoms with Crippen molar-refractivity contribution < 1.29 is 4.79 Å². The summed E-state index contributed by atoms with van der Waals surface area (Å²) >= 11 is 0. The number of rotatable bonds is 7. The van der Waals surface area contributed by atoms with Crippen molar-refractivity contribution in [3.05, 3.63) is 23.5 Å². The van der Waals surface area contributed by atoms with Crippen molar-refractivity contribution in [2.45, 2.75) is 71.3 Å². The summed E-state index contributed by atoms with van der Waals surface area (Å²) < 4.78 is 1.88. The fourth-order valence-corrected chi connectivity index (χ4v) is 3.43. The Morgan fingerprint density at radius 2 is 2.10 bits per heavy atom. The fourth-order valence-electron chi connectivity index (χ4n) is 3.43. The number of carbonyl (C=O) groups is 1. The van der Waals surface area contributed by atoms with E-state index in [0.717, 1.165) is 36.3 Å². The first kappa shape index (κ1) is 15.9. The van der Waals surface area contributed by atoms with Crippen LogP contribution in [0.25, 0.3) is 0 Å². The Labute approximate surface area is 127 Å². The van der Waals surface area contributed by atoms with E-state index in [9.17, 15) is 4.79 Å². The lowest BCUT2D eigenvalue weighted by Gasteiger charge is -2.29. The highest BCUT2D eigenvalue weighted by atomic mass is 16.1. The minimum Gasteiger partial charge on any atom is -0.296 e. The molecule has 0 aromatic carbocycles. The second-order valence-corrected chi connectivity index (χ2v) is 6.45. The molecule has 4 heteroatoms. The van der Waals surface area contributed by atoms with Gasteiger partial charge in [-0.25, -0.2) is 4.68 Å². The molecule has 0 radical (unpaired) electrons. The molecule has 0 saturated heterocycles. The average molecular weight is 289 g/mol. The molecule has 21 heavy (non-hydrogen) atoms. The van der Waals surface area contributed by atoms with Gasteiger partial charge in [0.15, 0.2) is 6.29 Å². The molecule has 1 saturated carbocycles. The second-order valence-electron chi connectivity index (χ2n) is 6.45. The van der Waals surface area contributed by atoms with Crippen molar-refractivity contribution in [1.29, 1.82) is 0 Å². The Morgan fingerprint density at radius 1 is 1.38 bits per heavy atom. The van der Waals surface area contributed by atoms with E-state index in [0.29, 0.717) is 18.2 Å². The summed E-state index contributed by atoms with van der Waals surface area (Å²) in [6.45, 7) is 8.83. The highest BCUT2D eigenvalue weighted by Gasteiger charge is 2.27. The number of allylic oxidation sites excluding steroid dienone is 1. The van der Waals surface area contributed by atoms with Gasteiger partial charge in [0.1, 0.15) is 5.69 Å². The van der Waals surface area contributed by atoms with E-state index in [4.69, 9.17) is 0 Å². The normalized spacial score (nSPS) is 22.2. The molecule has 0 amide bonds. The molecule has 1 heterocycles. The molecule has 1 fully saturated rings. The zero-order valence-electron chi connectivity index (χ0n) is 13.3. The number of hydrogen-bond donors (Lipinski definition) is 0. The zero-order chi connectivity index (χ0) is 15.2. The van der Waals surface area contributed by atoms with E-state index in [1.165, 1.54) is 32.1 Å². The van der Waals surface area contributed by atoms with Gasteiger partial charge < -0.3 is 0 Å². The third kappa shape index (κ3) is 4.02. The van der Waals surface area contributed by atoms with E-state index in [2.05, 4.69) is 23.8 Å². The smallest absolute Gasteiger partial charge is 0.172 e. The van der Waals surface area contributed by atoms with Gasteiger partial charge >= 0.3 is 0 Å². The molecule has 4 nitrogen and oxygen atoms in total. The van der Waals surface area contributed by atoms with Crippen molar-refractivity contribution >= 4 is 6.29 Å². The summed E-state index contributed by atoms with van der Waals surface area (Å²) in [6.07, 6.45) is 9.65. The predicted octanol–water partition coefficient (Wildman–Crippen LogP) is 4.13. The minimum atomic E-state index is 0.428. The van der Waals surface area contributed by atoms with Gasteiger partial charge in [-0.15, -0.1) is 5.10 Å². The van der Waals surface area contributed by atoms with Gasteiger partial charge in [0.2, 0.25) is 0 Å². The topological polar surface area (TPSA) is 47.8 Å². The molecule has 1 aliphatic carbocycles. The lowest BCUT2D eigenvalue weighted by atomic mass is 9.78. The Bertz CT molecular complexity index is 484. The van der Waals surface area contributed by atoms with Crippen molar-refractivity contribution in [1.82, 2.24) is 15.0 Å². The van der Waals surface area contributed by atoms with Gasteiger partial charge in [-0.2, -0.15) is 0 Å². The minimum absolute atomic E-state index is 0.428. The van der Waals surface area contributed by atoms with E-state index < -0.39 is 0 Å². The molecule has 1 aromatic heterocycles. The van der Waals surface area contributed by atoms with Crippen LogP contribution in [0.2, 0.25) is 0 Å². The summed E-state index contributed by atoms with van der Waals surface area (Å²) in [5.41, 5.74) is 2.59. The van der Waals surface area contributed by atoms with Crippen LogP contribution in [0.1, 0.15) is 80.9 Å². The molecule has 1 aliphatic rings. The molecular formula is C17H27N3O. The molecule has 116 valence electrons. The van der Waals surface area contributed by atoms with Gasteiger partial charge in [-0.3, -0.25) is 4.79 Å². The maximum absolute atomic E-state index is 11.2. The standard InChI is InChI=1S/C17H27N3O/c1-4-5-6-14-7-9-15(10-8-14)17-16(12-21)18-19-20(17)11-13(2)3/h12,14-15H,2,4-11H2,1,3H3. The number of nitrogens with zero attached hydrogens (tertiary/aromatic N) is 3.